The summed E-state index contributed by atoms with van der Waals surface area (Å²) in [5.41, 5.74) is 8.53. The Kier molecular flexibility index (Phi) is 6.39. The van der Waals surface area contributed by atoms with Crippen molar-refractivity contribution in [2.75, 3.05) is 5.32 Å². The number of amides is 2. The first kappa shape index (κ1) is 20.7. The van der Waals surface area contributed by atoms with Crippen LogP contribution in [-0.2, 0) is 4.79 Å². The third-order valence-corrected chi connectivity index (χ3v) is 5.61. The number of rotatable bonds is 7. The molecule has 1 aromatic heterocycles. The van der Waals surface area contributed by atoms with E-state index >= 15 is 0 Å². The molecule has 0 aliphatic rings. The lowest BCUT2D eigenvalue weighted by Gasteiger charge is -2.14. The smallest absolute Gasteiger partial charge is 0.248 e. The number of nitrogens with two attached hydrogens (primary N) is 1. The summed E-state index contributed by atoms with van der Waals surface area (Å²) in [6.07, 6.45) is 3.62. The summed E-state index contributed by atoms with van der Waals surface area (Å²) in [5, 5.41) is 3.24. The topological polar surface area (TPSA) is 90.0 Å². The monoisotopic (exact) mass is 408 g/mol. The fraction of sp³-hybridized carbons (Fsp3) is 0.227. The average Bonchev–Trinajstić information content (AvgIpc) is 3.16. The van der Waals surface area contributed by atoms with Gasteiger partial charge in [0.2, 0.25) is 11.8 Å². The van der Waals surface area contributed by atoms with Gasteiger partial charge >= 0.3 is 0 Å². The third kappa shape index (κ3) is 5.06. The van der Waals surface area contributed by atoms with Crippen LogP contribution in [0.25, 0.3) is 5.69 Å². The third-order valence-electron chi connectivity index (χ3n) is 4.53. The normalized spacial score (nSPS) is 12.0. The Bertz CT molecular complexity index is 994. The molecule has 29 heavy (non-hydrogen) atoms. The Morgan fingerprint density at radius 2 is 1.69 bits per heavy atom. The zero-order chi connectivity index (χ0) is 21.0. The largest absolute Gasteiger partial charge is 0.366 e. The molecule has 0 saturated carbocycles. The van der Waals surface area contributed by atoms with E-state index in [-0.39, 0.29) is 11.2 Å². The van der Waals surface area contributed by atoms with E-state index in [2.05, 4.69) is 48.4 Å². The zero-order valence-electron chi connectivity index (χ0n) is 16.6. The Hall–Kier alpha value is -3.06. The number of nitrogens with one attached hydrogen (secondary N) is 1. The molecule has 3 aromatic rings. The van der Waals surface area contributed by atoms with Gasteiger partial charge in [-0.15, -0.1) is 0 Å². The fourth-order valence-corrected chi connectivity index (χ4v) is 3.65. The summed E-state index contributed by atoms with van der Waals surface area (Å²) in [6, 6.07) is 14.8. The lowest BCUT2D eigenvalue weighted by atomic mass is 10.0. The second-order valence-corrected chi connectivity index (χ2v) is 8.32. The molecule has 0 aliphatic heterocycles. The lowest BCUT2D eigenvalue weighted by molar-refractivity contribution is -0.115. The van der Waals surface area contributed by atoms with Crippen LogP contribution in [0.2, 0.25) is 0 Å². The van der Waals surface area contributed by atoms with Crippen LogP contribution in [-0.4, -0.2) is 26.6 Å². The summed E-state index contributed by atoms with van der Waals surface area (Å²) in [5.74, 6) is -0.173. The van der Waals surface area contributed by atoms with E-state index in [0.717, 1.165) is 10.8 Å². The Morgan fingerprint density at radius 3 is 2.28 bits per heavy atom. The number of carbonyl (C=O) groups excluding carboxylic acids is 2. The highest BCUT2D eigenvalue weighted by Gasteiger charge is 2.18. The van der Waals surface area contributed by atoms with Gasteiger partial charge in [0, 0.05) is 29.3 Å². The number of hydrogen-bond donors (Lipinski definition) is 2. The molecule has 0 fully saturated rings. The first-order valence-electron chi connectivity index (χ1n) is 9.36. The maximum atomic E-state index is 12.6. The van der Waals surface area contributed by atoms with Gasteiger partial charge in [0.25, 0.3) is 0 Å². The lowest BCUT2D eigenvalue weighted by Crippen LogP contribution is -2.23. The molecule has 7 heteroatoms. The summed E-state index contributed by atoms with van der Waals surface area (Å²) in [6.45, 7) is 6.16. The van der Waals surface area contributed by atoms with Crippen molar-refractivity contribution in [3.63, 3.8) is 0 Å². The van der Waals surface area contributed by atoms with Crippen LogP contribution in [0.4, 0.5) is 5.69 Å². The molecule has 0 unspecified atom stereocenters. The Labute approximate surface area is 174 Å². The van der Waals surface area contributed by atoms with Gasteiger partial charge in [-0.25, -0.2) is 4.98 Å². The van der Waals surface area contributed by atoms with Crippen molar-refractivity contribution in [3.05, 3.63) is 72.1 Å². The van der Waals surface area contributed by atoms with Gasteiger partial charge in [0.1, 0.15) is 0 Å². The zero-order valence-corrected chi connectivity index (χ0v) is 17.4. The van der Waals surface area contributed by atoms with E-state index in [1.54, 1.807) is 30.5 Å². The molecular weight excluding hydrogens is 384 g/mol. The molecular formula is C22H24N4O2S. The van der Waals surface area contributed by atoms with Crippen molar-refractivity contribution >= 4 is 29.3 Å². The van der Waals surface area contributed by atoms with E-state index in [1.807, 2.05) is 17.7 Å². The van der Waals surface area contributed by atoms with Crippen LogP contribution in [0.15, 0.2) is 66.1 Å². The van der Waals surface area contributed by atoms with Gasteiger partial charge in [-0.3, -0.25) is 14.2 Å². The molecule has 0 radical (unpaired) electrons. The number of carbonyl (C=O) groups is 2. The van der Waals surface area contributed by atoms with Crippen LogP contribution in [0.3, 0.4) is 0 Å². The number of aromatic nitrogens is 2. The van der Waals surface area contributed by atoms with Crippen LogP contribution >= 0.6 is 11.8 Å². The molecule has 0 bridgehead atoms. The molecule has 1 atom stereocenters. The number of nitrogens with zero attached hydrogens (tertiary/aromatic N) is 2. The van der Waals surface area contributed by atoms with E-state index in [0.29, 0.717) is 17.2 Å². The molecule has 2 amide bonds. The number of imidazole rings is 1. The van der Waals surface area contributed by atoms with Crippen molar-refractivity contribution in [2.45, 2.75) is 37.1 Å². The predicted molar refractivity (Wildman–Crippen MR) is 117 cm³/mol. The van der Waals surface area contributed by atoms with Gasteiger partial charge in [0.05, 0.1) is 5.25 Å². The van der Waals surface area contributed by atoms with Gasteiger partial charge < -0.3 is 11.1 Å². The van der Waals surface area contributed by atoms with Gasteiger partial charge in [-0.2, -0.15) is 0 Å². The maximum absolute atomic E-state index is 12.6. The van der Waals surface area contributed by atoms with E-state index < -0.39 is 5.91 Å². The summed E-state index contributed by atoms with van der Waals surface area (Å²) < 4.78 is 1.97. The SMILES string of the molecule is CC(C)c1ccc(-n2ccnc2S[C@@H](C)C(=O)Nc2ccc(C(N)=O)cc2)cc1. The van der Waals surface area contributed by atoms with Crippen molar-refractivity contribution in [1.82, 2.24) is 9.55 Å². The van der Waals surface area contributed by atoms with E-state index in [1.165, 1.54) is 17.3 Å². The molecule has 6 nitrogen and oxygen atoms in total. The maximum Gasteiger partial charge on any atom is 0.248 e. The molecule has 0 aliphatic carbocycles. The molecule has 0 spiro atoms. The van der Waals surface area contributed by atoms with Crippen molar-refractivity contribution in [3.8, 4) is 5.69 Å². The van der Waals surface area contributed by atoms with Crippen LogP contribution in [0.1, 0.15) is 42.6 Å². The van der Waals surface area contributed by atoms with E-state index in [4.69, 9.17) is 5.73 Å². The van der Waals surface area contributed by atoms with Gasteiger partial charge in [-0.05, 0) is 54.8 Å². The summed E-state index contributed by atoms with van der Waals surface area (Å²) in [7, 11) is 0. The van der Waals surface area contributed by atoms with Gasteiger partial charge in [-0.1, -0.05) is 37.7 Å². The van der Waals surface area contributed by atoms with Crippen molar-refractivity contribution < 1.29 is 9.59 Å². The molecule has 2 aromatic carbocycles. The highest BCUT2D eigenvalue weighted by atomic mass is 32.2. The minimum absolute atomic E-state index is 0.147. The Morgan fingerprint density at radius 1 is 1.03 bits per heavy atom. The summed E-state index contributed by atoms with van der Waals surface area (Å²) >= 11 is 1.38. The fourth-order valence-electron chi connectivity index (χ4n) is 2.77. The summed E-state index contributed by atoms with van der Waals surface area (Å²) in [4.78, 5) is 28.1. The molecule has 150 valence electrons. The van der Waals surface area contributed by atoms with E-state index in [9.17, 15) is 9.59 Å². The van der Waals surface area contributed by atoms with Gasteiger partial charge in [0.15, 0.2) is 5.16 Å². The molecule has 0 saturated heterocycles. The number of hydrogen-bond acceptors (Lipinski definition) is 4. The van der Waals surface area contributed by atoms with Crippen molar-refractivity contribution in [1.29, 1.82) is 0 Å². The van der Waals surface area contributed by atoms with Crippen molar-refractivity contribution in [2.24, 2.45) is 5.73 Å². The second kappa shape index (κ2) is 8.96. The first-order valence-corrected chi connectivity index (χ1v) is 10.2. The predicted octanol–water partition coefficient (Wildman–Crippen LogP) is 4.21. The molecule has 3 rings (SSSR count). The van der Waals surface area contributed by atoms with Crippen LogP contribution < -0.4 is 11.1 Å². The van der Waals surface area contributed by atoms with Crippen LogP contribution in [0, 0.1) is 0 Å². The first-order chi connectivity index (χ1) is 13.8. The minimum Gasteiger partial charge on any atom is -0.366 e. The molecule has 1 heterocycles. The quantitative estimate of drug-likeness (QED) is 0.573. The second-order valence-electron chi connectivity index (χ2n) is 7.02. The Balaban J connectivity index is 1.67. The van der Waals surface area contributed by atoms with Crippen LogP contribution in [0.5, 0.6) is 0 Å². The number of primary amides is 1. The molecule has 3 N–H and O–H groups in total. The average molecular weight is 409 g/mol. The number of benzene rings is 2. The minimum atomic E-state index is -0.500. The highest BCUT2D eigenvalue weighted by molar-refractivity contribution is 8.00. The standard InChI is InChI=1S/C22H24N4O2S/c1-14(2)16-6-10-19(11-7-16)26-13-12-24-22(26)29-15(3)21(28)25-18-8-4-17(5-9-18)20(23)27/h4-15H,1-3H3,(H2,23,27)(H,25,28)/t15-/m0/s1. The highest BCUT2D eigenvalue weighted by Crippen LogP contribution is 2.26. The number of anilines is 1. The number of thioether (sulfide) groups is 1.